The molecule has 0 radical (unpaired) electrons. The molecule has 4 nitrogen and oxygen atoms in total. The average Bonchev–Trinajstić information content (AvgIpc) is 2.41. The van der Waals surface area contributed by atoms with Gasteiger partial charge < -0.3 is 10.1 Å². The molecule has 2 rings (SSSR count). The average molecular weight is 279 g/mol. The second-order valence-corrected chi connectivity index (χ2v) is 4.44. The predicted molar refractivity (Wildman–Crippen MR) is 74.5 cm³/mol. The van der Waals surface area contributed by atoms with E-state index in [1.807, 2.05) is 13.2 Å². The minimum absolute atomic E-state index is 0.298. The van der Waals surface area contributed by atoms with Crippen molar-refractivity contribution < 1.29 is 9.13 Å². The van der Waals surface area contributed by atoms with E-state index in [0.29, 0.717) is 22.6 Å². The van der Waals surface area contributed by atoms with Crippen LogP contribution in [0.4, 0.5) is 10.2 Å². The highest BCUT2D eigenvalue weighted by atomic mass is 32.2. The quantitative estimate of drug-likeness (QED) is 0.670. The molecule has 0 saturated heterocycles. The predicted octanol–water partition coefficient (Wildman–Crippen LogP) is 3.56. The van der Waals surface area contributed by atoms with E-state index in [1.165, 1.54) is 23.9 Å². The second kappa shape index (κ2) is 6.38. The molecule has 0 aliphatic carbocycles. The molecule has 0 amide bonds. The van der Waals surface area contributed by atoms with Crippen molar-refractivity contribution in [1.82, 2.24) is 9.97 Å². The summed E-state index contributed by atoms with van der Waals surface area (Å²) in [5.41, 5.74) is 0. The number of halogens is 1. The number of anilines is 1. The van der Waals surface area contributed by atoms with Gasteiger partial charge >= 0.3 is 0 Å². The van der Waals surface area contributed by atoms with Gasteiger partial charge in [-0.05, 0) is 37.4 Å². The van der Waals surface area contributed by atoms with Gasteiger partial charge in [0, 0.05) is 12.6 Å². The topological polar surface area (TPSA) is 47.0 Å². The van der Waals surface area contributed by atoms with Crippen LogP contribution < -0.4 is 10.1 Å². The fourth-order valence-corrected chi connectivity index (χ4v) is 1.81. The van der Waals surface area contributed by atoms with Gasteiger partial charge in [-0.3, -0.25) is 0 Å². The van der Waals surface area contributed by atoms with Crippen molar-refractivity contribution >= 4 is 17.6 Å². The van der Waals surface area contributed by atoms with E-state index in [2.05, 4.69) is 15.3 Å². The maximum absolute atomic E-state index is 12.8. The third kappa shape index (κ3) is 3.82. The van der Waals surface area contributed by atoms with Crippen molar-refractivity contribution in [2.45, 2.75) is 12.1 Å². The smallest absolute Gasteiger partial charge is 0.225 e. The number of thioether (sulfide) groups is 1. The lowest BCUT2D eigenvalue weighted by atomic mass is 10.3. The Balaban J connectivity index is 2.23. The minimum Gasteiger partial charge on any atom is -0.439 e. The fraction of sp³-hybridized carbons (Fsp3) is 0.231. The van der Waals surface area contributed by atoms with Crippen LogP contribution in [0.5, 0.6) is 11.6 Å². The molecule has 2 aromatic rings. The molecule has 0 atom stereocenters. The Kier molecular flexibility index (Phi) is 4.57. The monoisotopic (exact) mass is 279 g/mol. The summed E-state index contributed by atoms with van der Waals surface area (Å²) >= 11 is 1.43. The summed E-state index contributed by atoms with van der Waals surface area (Å²) in [5, 5.41) is 3.73. The van der Waals surface area contributed by atoms with Gasteiger partial charge in [0.05, 0.1) is 0 Å². The van der Waals surface area contributed by atoms with Crippen LogP contribution in [0.15, 0.2) is 35.5 Å². The Morgan fingerprint density at radius 1 is 1.26 bits per heavy atom. The standard InChI is InChI=1S/C13H14FN3OS/c1-3-15-11-8-12(17-13(16-11)19-2)18-10-6-4-9(14)5-7-10/h4-8H,3H2,1-2H3,(H,15,16,17). The van der Waals surface area contributed by atoms with Gasteiger partial charge in [-0.25, -0.2) is 9.37 Å². The number of aromatic nitrogens is 2. The first-order chi connectivity index (χ1) is 9.21. The second-order valence-electron chi connectivity index (χ2n) is 3.66. The lowest BCUT2D eigenvalue weighted by molar-refractivity contribution is 0.454. The molecule has 1 aromatic heterocycles. The Morgan fingerprint density at radius 2 is 2.00 bits per heavy atom. The Bertz CT molecular complexity index is 548. The van der Waals surface area contributed by atoms with E-state index in [1.54, 1.807) is 18.2 Å². The third-order valence-corrected chi connectivity index (χ3v) is 2.81. The number of benzene rings is 1. The molecule has 0 fully saturated rings. The molecule has 0 aliphatic rings. The molecule has 0 spiro atoms. The van der Waals surface area contributed by atoms with Crippen LogP contribution in [0, 0.1) is 5.82 Å². The molecule has 6 heteroatoms. The van der Waals surface area contributed by atoms with Crippen LogP contribution in [0.25, 0.3) is 0 Å². The van der Waals surface area contributed by atoms with Crippen LogP contribution >= 0.6 is 11.8 Å². The summed E-state index contributed by atoms with van der Waals surface area (Å²) in [6.07, 6.45) is 1.90. The molecule has 0 saturated carbocycles. The maximum Gasteiger partial charge on any atom is 0.225 e. The highest BCUT2D eigenvalue weighted by Crippen LogP contribution is 2.24. The Hall–Kier alpha value is -1.82. The van der Waals surface area contributed by atoms with E-state index in [-0.39, 0.29) is 5.82 Å². The minimum atomic E-state index is -0.298. The summed E-state index contributed by atoms with van der Waals surface area (Å²) in [6, 6.07) is 7.52. The SMILES string of the molecule is CCNc1cc(Oc2ccc(F)cc2)nc(SC)n1. The number of ether oxygens (including phenoxy) is 1. The van der Waals surface area contributed by atoms with Crippen LogP contribution in [-0.4, -0.2) is 22.8 Å². The van der Waals surface area contributed by atoms with Gasteiger partial charge in [0.2, 0.25) is 5.88 Å². The van der Waals surface area contributed by atoms with Crippen LogP contribution in [-0.2, 0) is 0 Å². The van der Waals surface area contributed by atoms with E-state index >= 15 is 0 Å². The first-order valence-corrected chi connectivity index (χ1v) is 7.04. The number of nitrogens with one attached hydrogen (secondary N) is 1. The molecule has 19 heavy (non-hydrogen) atoms. The van der Waals surface area contributed by atoms with Crippen molar-refractivity contribution in [3.8, 4) is 11.6 Å². The van der Waals surface area contributed by atoms with Crippen molar-refractivity contribution in [2.24, 2.45) is 0 Å². The summed E-state index contributed by atoms with van der Waals surface area (Å²) in [7, 11) is 0. The lowest BCUT2D eigenvalue weighted by Crippen LogP contribution is -2.02. The highest BCUT2D eigenvalue weighted by molar-refractivity contribution is 7.98. The molecule has 0 bridgehead atoms. The molecular weight excluding hydrogens is 265 g/mol. The summed E-state index contributed by atoms with van der Waals surface area (Å²) in [6.45, 7) is 2.75. The van der Waals surface area contributed by atoms with Crippen molar-refractivity contribution in [3.63, 3.8) is 0 Å². The number of hydrogen-bond donors (Lipinski definition) is 1. The molecule has 1 N–H and O–H groups in total. The van der Waals surface area contributed by atoms with E-state index in [0.717, 1.165) is 6.54 Å². The molecule has 0 unspecified atom stereocenters. The molecule has 0 aliphatic heterocycles. The first kappa shape index (κ1) is 13.6. The highest BCUT2D eigenvalue weighted by Gasteiger charge is 2.06. The summed E-state index contributed by atoms with van der Waals surface area (Å²) < 4.78 is 18.4. The molecule has 1 heterocycles. The van der Waals surface area contributed by atoms with Gasteiger partial charge in [-0.15, -0.1) is 0 Å². The fourth-order valence-electron chi connectivity index (χ4n) is 1.44. The third-order valence-electron chi connectivity index (χ3n) is 2.26. The zero-order valence-electron chi connectivity index (χ0n) is 10.7. The summed E-state index contributed by atoms with van der Waals surface area (Å²) in [4.78, 5) is 8.55. The van der Waals surface area contributed by atoms with Crippen LogP contribution in [0.2, 0.25) is 0 Å². The molecular formula is C13H14FN3OS. The Labute approximate surface area is 115 Å². The van der Waals surface area contributed by atoms with Gasteiger partial charge in [0.1, 0.15) is 17.4 Å². The number of nitrogens with zero attached hydrogens (tertiary/aromatic N) is 2. The zero-order valence-corrected chi connectivity index (χ0v) is 11.5. The van der Waals surface area contributed by atoms with E-state index < -0.39 is 0 Å². The van der Waals surface area contributed by atoms with Crippen LogP contribution in [0.3, 0.4) is 0 Å². The maximum atomic E-state index is 12.8. The van der Waals surface area contributed by atoms with Crippen molar-refractivity contribution in [3.05, 3.63) is 36.1 Å². The van der Waals surface area contributed by atoms with Crippen LogP contribution in [0.1, 0.15) is 6.92 Å². The lowest BCUT2D eigenvalue weighted by Gasteiger charge is -2.08. The first-order valence-electron chi connectivity index (χ1n) is 5.81. The van der Waals surface area contributed by atoms with Gasteiger partial charge in [-0.1, -0.05) is 11.8 Å². The van der Waals surface area contributed by atoms with E-state index in [9.17, 15) is 4.39 Å². The zero-order chi connectivity index (χ0) is 13.7. The normalized spacial score (nSPS) is 10.3. The number of rotatable bonds is 5. The van der Waals surface area contributed by atoms with Gasteiger partial charge in [0.15, 0.2) is 5.16 Å². The molecule has 100 valence electrons. The van der Waals surface area contributed by atoms with Gasteiger partial charge in [0.25, 0.3) is 0 Å². The van der Waals surface area contributed by atoms with E-state index in [4.69, 9.17) is 4.74 Å². The van der Waals surface area contributed by atoms with Gasteiger partial charge in [-0.2, -0.15) is 4.98 Å². The Morgan fingerprint density at radius 3 is 2.63 bits per heavy atom. The molecule has 1 aromatic carbocycles. The largest absolute Gasteiger partial charge is 0.439 e. The van der Waals surface area contributed by atoms with Crippen molar-refractivity contribution in [2.75, 3.05) is 18.1 Å². The summed E-state index contributed by atoms with van der Waals surface area (Å²) in [5.74, 6) is 1.38. The van der Waals surface area contributed by atoms with Crippen molar-refractivity contribution in [1.29, 1.82) is 0 Å². The number of hydrogen-bond acceptors (Lipinski definition) is 5.